The summed E-state index contributed by atoms with van der Waals surface area (Å²) in [6.07, 6.45) is 1.72. The zero-order chi connectivity index (χ0) is 9.28. The van der Waals surface area contributed by atoms with Crippen molar-refractivity contribution in [3.8, 4) is 0 Å². The molecule has 2 nitrogen and oxygen atoms in total. The van der Waals surface area contributed by atoms with Gasteiger partial charge in [0.1, 0.15) is 0 Å². The lowest BCUT2D eigenvalue weighted by molar-refractivity contribution is -0.133. The number of hydrogen-bond acceptors (Lipinski definition) is 2. The maximum Gasteiger partial charge on any atom is 0.338 e. The molecule has 11 heavy (non-hydrogen) atoms. The standard InChI is InChI=1S/C7H10O2.C2H4/c1-4-6(3)7(8)9-5-2;1-2/h5H,2-4H2,1H3;1-2H2. The van der Waals surface area contributed by atoms with Crippen LogP contribution in [0.4, 0.5) is 0 Å². The number of rotatable bonds is 3. The van der Waals surface area contributed by atoms with E-state index in [0.717, 1.165) is 6.26 Å². The van der Waals surface area contributed by atoms with Gasteiger partial charge < -0.3 is 4.74 Å². The zero-order valence-electron chi connectivity index (χ0n) is 6.93. The van der Waals surface area contributed by atoms with Crippen molar-refractivity contribution in [1.82, 2.24) is 0 Å². The zero-order valence-corrected chi connectivity index (χ0v) is 6.93. The summed E-state index contributed by atoms with van der Waals surface area (Å²) in [5, 5.41) is 0. The molecule has 0 aliphatic carbocycles. The maximum atomic E-state index is 10.6. The Labute approximate surface area is 67.9 Å². The van der Waals surface area contributed by atoms with Gasteiger partial charge in [0.05, 0.1) is 6.26 Å². The second-order valence-electron chi connectivity index (χ2n) is 1.53. The second kappa shape index (κ2) is 8.69. The molecule has 0 saturated carbocycles. The van der Waals surface area contributed by atoms with E-state index < -0.39 is 5.97 Å². The average Bonchev–Trinajstić information content (AvgIpc) is 2.07. The molecule has 0 unspecified atom stereocenters. The van der Waals surface area contributed by atoms with Gasteiger partial charge >= 0.3 is 5.97 Å². The molecule has 0 heterocycles. The van der Waals surface area contributed by atoms with E-state index in [4.69, 9.17) is 0 Å². The molecule has 0 saturated heterocycles. The topological polar surface area (TPSA) is 26.3 Å². The Hall–Kier alpha value is -1.31. The Morgan fingerprint density at radius 2 is 2.00 bits per heavy atom. The molecule has 0 amide bonds. The fourth-order valence-corrected chi connectivity index (χ4v) is 0.303. The Morgan fingerprint density at radius 1 is 1.55 bits per heavy atom. The van der Waals surface area contributed by atoms with Gasteiger partial charge in [-0.2, -0.15) is 0 Å². The normalized spacial score (nSPS) is 7.00. The van der Waals surface area contributed by atoms with Crippen molar-refractivity contribution in [2.75, 3.05) is 0 Å². The molecule has 0 bridgehead atoms. The molecule has 0 fully saturated rings. The number of carbonyl (C=O) groups is 1. The molecule has 0 N–H and O–H groups in total. The van der Waals surface area contributed by atoms with E-state index in [-0.39, 0.29) is 0 Å². The molecular weight excluding hydrogens is 140 g/mol. The SMILES string of the molecule is C=C.C=COC(=O)C(=C)CC. The van der Waals surface area contributed by atoms with Gasteiger partial charge in [-0.05, 0) is 6.42 Å². The van der Waals surface area contributed by atoms with Crippen LogP contribution in [0, 0.1) is 0 Å². The highest BCUT2D eigenvalue weighted by Gasteiger charge is 2.01. The van der Waals surface area contributed by atoms with E-state index in [1.807, 2.05) is 6.92 Å². The minimum absolute atomic E-state index is 0.396. The first-order chi connectivity index (χ1) is 5.22. The predicted molar refractivity (Wildman–Crippen MR) is 47.0 cm³/mol. The number of ether oxygens (including phenoxy) is 1. The van der Waals surface area contributed by atoms with Crippen molar-refractivity contribution in [1.29, 1.82) is 0 Å². The fourth-order valence-electron chi connectivity index (χ4n) is 0.303. The van der Waals surface area contributed by atoms with Gasteiger partial charge in [0.2, 0.25) is 0 Å². The molecule has 0 aliphatic heterocycles. The summed E-state index contributed by atoms with van der Waals surface area (Å²) in [7, 11) is 0. The van der Waals surface area contributed by atoms with Crippen molar-refractivity contribution >= 4 is 5.97 Å². The summed E-state index contributed by atoms with van der Waals surface area (Å²) in [6, 6.07) is 0. The molecule has 62 valence electrons. The first-order valence-electron chi connectivity index (χ1n) is 3.22. The lowest BCUT2D eigenvalue weighted by atomic mass is 10.2. The van der Waals surface area contributed by atoms with Crippen LogP contribution in [-0.2, 0) is 9.53 Å². The molecule has 0 aliphatic rings. The average molecular weight is 154 g/mol. The van der Waals surface area contributed by atoms with Crippen LogP contribution >= 0.6 is 0 Å². The maximum absolute atomic E-state index is 10.6. The summed E-state index contributed by atoms with van der Waals surface area (Å²) < 4.78 is 4.42. The van der Waals surface area contributed by atoms with Crippen LogP contribution in [0.5, 0.6) is 0 Å². The monoisotopic (exact) mass is 154 g/mol. The minimum Gasteiger partial charge on any atom is -0.432 e. The van der Waals surface area contributed by atoms with Crippen LogP contribution in [0.25, 0.3) is 0 Å². The van der Waals surface area contributed by atoms with Crippen LogP contribution in [0.2, 0.25) is 0 Å². The third-order valence-corrected chi connectivity index (χ3v) is 0.906. The lowest BCUT2D eigenvalue weighted by Crippen LogP contribution is -2.00. The molecule has 0 aromatic rings. The third-order valence-electron chi connectivity index (χ3n) is 0.906. The summed E-state index contributed by atoms with van der Waals surface area (Å²) in [5.74, 6) is -0.396. The van der Waals surface area contributed by atoms with Crippen LogP contribution in [0.1, 0.15) is 13.3 Å². The first-order valence-corrected chi connectivity index (χ1v) is 3.22. The summed E-state index contributed by atoms with van der Waals surface area (Å²) >= 11 is 0. The highest BCUT2D eigenvalue weighted by Crippen LogP contribution is 1.98. The highest BCUT2D eigenvalue weighted by molar-refractivity contribution is 5.87. The van der Waals surface area contributed by atoms with Gasteiger partial charge in [-0.1, -0.05) is 20.1 Å². The number of carbonyl (C=O) groups excluding carboxylic acids is 1. The second-order valence-corrected chi connectivity index (χ2v) is 1.53. The first kappa shape index (κ1) is 12.4. The fraction of sp³-hybridized carbons (Fsp3) is 0.222. The van der Waals surface area contributed by atoms with Crippen molar-refractivity contribution in [2.45, 2.75) is 13.3 Å². The molecule has 0 spiro atoms. The van der Waals surface area contributed by atoms with E-state index in [9.17, 15) is 4.79 Å². The van der Waals surface area contributed by atoms with Gasteiger partial charge in [0.25, 0.3) is 0 Å². The predicted octanol–water partition coefficient (Wildman–Crippen LogP) is 2.44. The Morgan fingerprint density at radius 3 is 2.27 bits per heavy atom. The van der Waals surface area contributed by atoms with E-state index >= 15 is 0 Å². The van der Waals surface area contributed by atoms with Crippen LogP contribution in [-0.4, -0.2) is 5.97 Å². The number of esters is 1. The van der Waals surface area contributed by atoms with Gasteiger partial charge in [0.15, 0.2) is 0 Å². The summed E-state index contributed by atoms with van der Waals surface area (Å²) in [4.78, 5) is 10.6. The minimum atomic E-state index is -0.396. The van der Waals surface area contributed by atoms with Crippen molar-refractivity contribution in [3.63, 3.8) is 0 Å². The molecule has 0 aromatic heterocycles. The Kier molecular flexibility index (Phi) is 9.78. The van der Waals surface area contributed by atoms with Crippen molar-refractivity contribution < 1.29 is 9.53 Å². The van der Waals surface area contributed by atoms with Gasteiger partial charge in [-0.25, -0.2) is 4.79 Å². The van der Waals surface area contributed by atoms with Crippen molar-refractivity contribution in [3.05, 3.63) is 38.2 Å². The highest BCUT2D eigenvalue weighted by atomic mass is 16.5. The largest absolute Gasteiger partial charge is 0.432 e. The lowest BCUT2D eigenvalue weighted by Gasteiger charge is -1.96. The van der Waals surface area contributed by atoms with E-state index in [1.165, 1.54) is 0 Å². The summed E-state index contributed by atoms with van der Waals surface area (Å²) in [6.45, 7) is 14.5. The molecule has 0 aromatic carbocycles. The van der Waals surface area contributed by atoms with E-state index in [1.54, 1.807) is 0 Å². The van der Waals surface area contributed by atoms with Crippen LogP contribution in [0.15, 0.2) is 38.2 Å². The van der Waals surface area contributed by atoms with Gasteiger partial charge in [0, 0.05) is 5.57 Å². The smallest absolute Gasteiger partial charge is 0.338 e. The Bertz CT molecular complexity index is 148. The van der Waals surface area contributed by atoms with Gasteiger partial charge in [-0.3, -0.25) is 0 Å². The quantitative estimate of drug-likeness (QED) is 0.270. The van der Waals surface area contributed by atoms with Crippen LogP contribution < -0.4 is 0 Å². The molecule has 0 rings (SSSR count). The van der Waals surface area contributed by atoms with Crippen molar-refractivity contribution in [2.24, 2.45) is 0 Å². The summed E-state index contributed by atoms with van der Waals surface area (Å²) in [5.41, 5.74) is 0.468. The van der Waals surface area contributed by atoms with Gasteiger partial charge in [-0.15, -0.1) is 13.2 Å². The molecule has 0 radical (unpaired) electrons. The molecular formula is C9H14O2. The molecule has 0 atom stereocenters. The number of hydrogen-bond donors (Lipinski definition) is 0. The van der Waals surface area contributed by atoms with E-state index in [2.05, 4.69) is 31.1 Å². The third kappa shape index (κ3) is 6.58. The molecule has 2 heteroatoms. The van der Waals surface area contributed by atoms with E-state index in [0.29, 0.717) is 12.0 Å². The van der Waals surface area contributed by atoms with Crippen LogP contribution in [0.3, 0.4) is 0 Å². The Balaban J connectivity index is 0.